The van der Waals surface area contributed by atoms with Crippen LogP contribution in [0.25, 0.3) is 44.2 Å². The van der Waals surface area contributed by atoms with Crippen LogP contribution in [0.5, 0.6) is 0 Å². The first-order chi connectivity index (χ1) is 16.2. The molecule has 1 aliphatic heterocycles. The number of hydrogen-bond acceptors (Lipinski definition) is 5. The summed E-state index contributed by atoms with van der Waals surface area (Å²) >= 11 is 0. The summed E-state index contributed by atoms with van der Waals surface area (Å²) in [6, 6.07) is 19.6. The highest BCUT2D eigenvalue weighted by molar-refractivity contribution is 6.04. The molecule has 1 saturated heterocycles. The molecule has 2 aromatic carbocycles. The Balaban J connectivity index is 1.66. The molecule has 6 heteroatoms. The number of morpholine rings is 1. The van der Waals surface area contributed by atoms with Crippen LogP contribution in [0.2, 0.25) is 0 Å². The summed E-state index contributed by atoms with van der Waals surface area (Å²) in [5, 5.41) is 10.8. The van der Waals surface area contributed by atoms with E-state index in [1.165, 1.54) is 21.9 Å². The molecular weight excluding hydrogens is 410 g/mol. The highest BCUT2D eigenvalue weighted by Gasteiger charge is 2.24. The minimum atomic E-state index is 0.251. The zero-order valence-electron chi connectivity index (χ0n) is 18.7. The number of aryl methyl sites for hydroxylation is 1. The van der Waals surface area contributed by atoms with Crippen LogP contribution in [0.3, 0.4) is 0 Å². The van der Waals surface area contributed by atoms with Crippen LogP contribution < -0.4 is 4.90 Å². The summed E-state index contributed by atoms with van der Waals surface area (Å²) in [6.45, 7) is 6.51. The van der Waals surface area contributed by atoms with Crippen LogP contribution in [0.15, 0.2) is 67.0 Å². The van der Waals surface area contributed by atoms with Crippen LogP contribution in [-0.4, -0.2) is 46.0 Å². The third kappa shape index (κ3) is 3.43. The Morgan fingerprint density at radius 3 is 2.76 bits per heavy atom. The molecule has 1 fully saturated rings. The fourth-order valence-corrected chi connectivity index (χ4v) is 4.77. The summed E-state index contributed by atoms with van der Waals surface area (Å²) in [6.07, 6.45) is 3.68. The number of nitrogens with zero attached hydrogens (tertiary/aromatic N) is 4. The van der Waals surface area contributed by atoms with Gasteiger partial charge in [-0.1, -0.05) is 36.4 Å². The number of pyridine rings is 2. The van der Waals surface area contributed by atoms with E-state index in [4.69, 9.17) is 14.7 Å². The van der Waals surface area contributed by atoms with Crippen molar-refractivity contribution >= 4 is 27.5 Å². The maximum Gasteiger partial charge on any atom is 0.130 e. The summed E-state index contributed by atoms with van der Waals surface area (Å²) < 4.78 is 5.69. The maximum absolute atomic E-state index is 5.69. The molecule has 0 aliphatic carbocycles. The minimum absolute atomic E-state index is 0.251. The van der Waals surface area contributed by atoms with Gasteiger partial charge in [0.25, 0.3) is 0 Å². The van der Waals surface area contributed by atoms with Gasteiger partial charge in [-0.05, 0) is 59.5 Å². The smallest absolute Gasteiger partial charge is 0.130 e. The van der Waals surface area contributed by atoms with Gasteiger partial charge in [0.2, 0.25) is 0 Å². The van der Waals surface area contributed by atoms with Gasteiger partial charge in [-0.25, -0.2) is 4.98 Å². The van der Waals surface area contributed by atoms with Crippen molar-refractivity contribution in [1.29, 1.82) is 0 Å². The number of ether oxygens (including phenoxy) is 1. The van der Waals surface area contributed by atoms with Gasteiger partial charge in [-0.15, -0.1) is 0 Å². The van der Waals surface area contributed by atoms with E-state index in [2.05, 4.69) is 77.5 Å². The summed E-state index contributed by atoms with van der Waals surface area (Å²) in [4.78, 5) is 12.3. The van der Waals surface area contributed by atoms with Crippen LogP contribution in [-0.2, 0) is 4.74 Å². The Hall–Kier alpha value is -3.77. The van der Waals surface area contributed by atoms with E-state index in [1.807, 2.05) is 12.3 Å². The van der Waals surface area contributed by atoms with Crippen molar-refractivity contribution < 1.29 is 4.74 Å². The van der Waals surface area contributed by atoms with E-state index in [0.717, 1.165) is 40.2 Å². The van der Waals surface area contributed by atoms with Gasteiger partial charge < -0.3 is 9.64 Å². The molecule has 0 radical (unpaired) electrons. The summed E-state index contributed by atoms with van der Waals surface area (Å²) in [5.74, 6) is 0.953. The monoisotopic (exact) mass is 435 g/mol. The van der Waals surface area contributed by atoms with Gasteiger partial charge in [0, 0.05) is 24.3 Å². The third-order valence-corrected chi connectivity index (χ3v) is 6.49. The van der Waals surface area contributed by atoms with Gasteiger partial charge in [-0.2, -0.15) is 5.10 Å². The summed E-state index contributed by atoms with van der Waals surface area (Å²) in [5.41, 5.74) is 6.01. The van der Waals surface area contributed by atoms with Crippen molar-refractivity contribution in [2.75, 3.05) is 24.7 Å². The molecule has 6 rings (SSSR count). The van der Waals surface area contributed by atoms with E-state index < -0.39 is 0 Å². The number of hydrogen-bond donors (Lipinski definition) is 1. The molecule has 1 atom stereocenters. The van der Waals surface area contributed by atoms with Crippen LogP contribution in [0, 0.1) is 6.92 Å². The lowest BCUT2D eigenvalue weighted by molar-refractivity contribution is 0.0986. The summed E-state index contributed by atoms with van der Waals surface area (Å²) in [7, 11) is 0. The fourth-order valence-electron chi connectivity index (χ4n) is 4.77. The molecule has 0 bridgehead atoms. The molecule has 1 N–H and O–H groups in total. The Morgan fingerprint density at radius 2 is 1.94 bits per heavy atom. The van der Waals surface area contributed by atoms with E-state index in [9.17, 15) is 0 Å². The normalized spacial score (nSPS) is 16.5. The fraction of sp³-hybridized carbons (Fsp3) is 0.222. The second-order valence-corrected chi connectivity index (χ2v) is 8.69. The number of H-pyrrole nitrogens is 1. The first-order valence-corrected chi connectivity index (χ1v) is 11.3. The molecular formula is C27H25N5O. The Kier molecular flexibility index (Phi) is 4.80. The first kappa shape index (κ1) is 19.9. The SMILES string of the molecule is Cc1cnc(-c2ccn[nH]2)c2nc(N3CCOC[C@H]3C)cc(-c3ccc4ccccc4c3)c12. The molecule has 0 unspecified atom stereocenters. The molecule has 0 spiro atoms. The topological polar surface area (TPSA) is 66.9 Å². The van der Waals surface area contributed by atoms with Crippen LogP contribution >= 0.6 is 0 Å². The molecule has 33 heavy (non-hydrogen) atoms. The van der Waals surface area contributed by atoms with Gasteiger partial charge in [0.05, 0.1) is 24.9 Å². The van der Waals surface area contributed by atoms with E-state index >= 15 is 0 Å². The number of anilines is 1. The number of nitrogens with one attached hydrogen (secondary N) is 1. The second kappa shape index (κ2) is 7.98. The Bertz CT molecular complexity index is 1460. The van der Waals surface area contributed by atoms with Gasteiger partial charge in [-0.3, -0.25) is 10.1 Å². The molecule has 5 aromatic rings. The van der Waals surface area contributed by atoms with E-state index in [-0.39, 0.29) is 6.04 Å². The maximum atomic E-state index is 5.69. The zero-order valence-corrected chi connectivity index (χ0v) is 18.7. The third-order valence-electron chi connectivity index (χ3n) is 6.49. The number of aromatic amines is 1. The number of fused-ring (bicyclic) bond motifs is 2. The van der Waals surface area contributed by atoms with Crippen LogP contribution in [0.4, 0.5) is 5.82 Å². The highest BCUT2D eigenvalue weighted by atomic mass is 16.5. The Labute approximate surface area is 192 Å². The largest absolute Gasteiger partial charge is 0.377 e. The van der Waals surface area contributed by atoms with Gasteiger partial charge in [0.1, 0.15) is 17.0 Å². The lowest BCUT2D eigenvalue weighted by Crippen LogP contribution is -2.44. The van der Waals surface area contributed by atoms with Crippen LogP contribution in [0.1, 0.15) is 12.5 Å². The number of aromatic nitrogens is 4. The molecule has 0 amide bonds. The number of benzene rings is 2. The standard InChI is InChI=1S/C27H25N5O/c1-17-15-28-26(23-9-10-29-31-23)27-25(17)22(14-24(30-27)32-11-12-33-16-18(32)2)21-8-7-19-5-3-4-6-20(19)13-21/h3-10,13-15,18H,11-12,16H2,1-2H3,(H,29,31)/t18-/m1/s1. The van der Waals surface area contributed by atoms with Crippen molar-refractivity contribution in [2.45, 2.75) is 19.9 Å². The average Bonchev–Trinajstić information content (AvgIpc) is 3.38. The minimum Gasteiger partial charge on any atom is -0.377 e. The quantitative estimate of drug-likeness (QED) is 0.412. The lowest BCUT2D eigenvalue weighted by Gasteiger charge is -2.34. The van der Waals surface area contributed by atoms with Crippen molar-refractivity contribution in [3.63, 3.8) is 0 Å². The van der Waals surface area contributed by atoms with Gasteiger partial charge >= 0.3 is 0 Å². The zero-order chi connectivity index (χ0) is 22.4. The molecule has 0 saturated carbocycles. The van der Waals surface area contributed by atoms with Crippen molar-refractivity contribution in [3.8, 4) is 22.5 Å². The number of rotatable bonds is 3. The van der Waals surface area contributed by atoms with Crippen molar-refractivity contribution in [1.82, 2.24) is 20.2 Å². The van der Waals surface area contributed by atoms with Gasteiger partial charge in [0.15, 0.2) is 0 Å². The van der Waals surface area contributed by atoms with Crippen molar-refractivity contribution in [2.24, 2.45) is 0 Å². The lowest BCUT2D eigenvalue weighted by atomic mass is 9.95. The molecule has 4 heterocycles. The molecule has 164 valence electrons. The predicted molar refractivity (Wildman–Crippen MR) is 132 cm³/mol. The highest BCUT2D eigenvalue weighted by Crippen LogP contribution is 2.38. The van der Waals surface area contributed by atoms with E-state index in [0.29, 0.717) is 13.2 Å². The Morgan fingerprint density at radius 1 is 1.06 bits per heavy atom. The second-order valence-electron chi connectivity index (χ2n) is 8.69. The molecule has 3 aromatic heterocycles. The first-order valence-electron chi connectivity index (χ1n) is 11.3. The molecule has 6 nitrogen and oxygen atoms in total. The molecule has 1 aliphatic rings. The predicted octanol–water partition coefficient (Wildman–Crippen LogP) is 5.37. The van der Waals surface area contributed by atoms with E-state index in [1.54, 1.807) is 6.20 Å². The van der Waals surface area contributed by atoms with Crippen molar-refractivity contribution in [3.05, 3.63) is 72.6 Å². The average molecular weight is 436 g/mol.